The number of H-pyrrole nitrogens is 1. The van der Waals surface area contributed by atoms with Crippen molar-refractivity contribution in [3.63, 3.8) is 0 Å². The number of aromatic amines is 1. The summed E-state index contributed by atoms with van der Waals surface area (Å²) < 4.78 is 5.29. The molecule has 0 radical (unpaired) electrons. The van der Waals surface area contributed by atoms with E-state index in [9.17, 15) is 4.79 Å². The first-order valence-electron chi connectivity index (χ1n) is 5.12. The molecular formula is C10H15N3O2. The predicted octanol–water partition coefficient (Wildman–Crippen LogP) is 0.385. The number of rotatable bonds is 2. The average Bonchev–Trinajstić information content (AvgIpc) is 2.29. The second kappa shape index (κ2) is 4.44. The van der Waals surface area contributed by atoms with Gasteiger partial charge in [-0.05, 0) is 12.8 Å². The van der Waals surface area contributed by atoms with Crippen molar-refractivity contribution in [3.8, 4) is 0 Å². The van der Waals surface area contributed by atoms with Crippen molar-refractivity contribution in [2.45, 2.75) is 18.9 Å². The minimum atomic E-state index is -0.152. The van der Waals surface area contributed by atoms with Gasteiger partial charge in [-0.1, -0.05) is 0 Å². The second-order valence-electron chi connectivity index (χ2n) is 3.73. The van der Waals surface area contributed by atoms with Gasteiger partial charge >= 0.3 is 0 Å². The van der Waals surface area contributed by atoms with Crippen LogP contribution in [0.3, 0.4) is 0 Å². The molecule has 1 aromatic heterocycles. The quantitative estimate of drug-likeness (QED) is 0.765. The number of ether oxygens (including phenoxy) is 1. The minimum Gasteiger partial charge on any atom is -0.381 e. The van der Waals surface area contributed by atoms with Gasteiger partial charge in [-0.15, -0.1) is 0 Å². The smallest absolute Gasteiger partial charge is 0.266 e. The largest absolute Gasteiger partial charge is 0.381 e. The van der Waals surface area contributed by atoms with Crippen molar-refractivity contribution in [1.29, 1.82) is 0 Å². The first kappa shape index (κ1) is 10.2. The summed E-state index contributed by atoms with van der Waals surface area (Å²) in [7, 11) is 1.75. The Morgan fingerprint density at radius 2 is 2.27 bits per heavy atom. The van der Waals surface area contributed by atoms with E-state index in [1.165, 1.54) is 0 Å². The van der Waals surface area contributed by atoms with Crippen LogP contribution < -0.4 is 10.5 Å². The zero-order valence-electron chi connectivity index (χ0n) is 8.77. The van der Waals surface area contributed by atoms with Crippen molar-refractivity contribution in [2.75, 3.05) is 25.1 Å². The molecule has 1 saturated heterocycles. The summed E-state index contributed by atoms with van der Waals surface area (Å²) in [6, 6.07) is 1.58. The predicted molar refractivity (Wildman–Crippen MR) is 57.1 cm³/mol. The first-order valence-corrected chi connectivity index (χ1v) is 5.12. The summed E-state index contributed by atoms with van der Waals surface area (Å²) in [4.78, 5) is 13.2. The zero-order chi connectivity index (χ0) is 10.7. The molecule has 2 heterocycles. The number of nitrogens with one attached hydrogen (secondary N) is 1. The summed E-state index contributed by atoms with van der Waals surface area (Å²) >= 11 is 0. The monoisotopic (exact) mass is 209 g/mol. The molecule has 1 N–H and O–H groups in total. The lowest BCUT2D eigenvalue weighted by atomic mass is 10.1. The van der Waals surface area contributed by atoms with E-state index in [2.05, 4.69) is 15.1 Å². The summed E-state index contributed by atoms with van der Waals surface area (Å²) in [5, 5.41) is 6.16. The molecule has 0 amide bonds. The van der Waals surface area contributed by atoms with E-state index < -0.39 is 0 Å². The normalized spacial score (nSPS) is 18.1. The van der Waals surface area contributed by atoms with Crippen LogP contribution >= 0.6 is 0 Å². The third-order valence-electron chi connectivity index (χ3n) is 2.79. The highest BCUT2D eigenvalue weighted by atomic mass is 16.5. The maximum atomic E-state index is 11.1. The number of aromatic nitrogens is 2. The standard InChI is InChI=1S/C10H15N3O2/c1-15-9-2-4-13(5-3-9)8-6-10(14)12-11-7-8/h6-7,9H,2-5H2,1H3,(H,12,14). The van der Waals surface area contributed by atoms with Gasteiger partial charge in [0.2, 0.25) is 0 Å². The van der Waals surface area contributed by atoms with Gasteiger partial charge in [-0.3, -0.25) is 4.79 Å². The molecule has 0 saturated carbocycles. The van der Waals surface area contributed by atoms with Crippen LogP contribution in [0.1, 0.15) is 12.8 Å². The Morgan fingerprint density at radius 3 is 2.87 bits per heavy atom. The molecule has 1 aliphatic rings. The summed E-state index contributed by atoms with van der Waals surface area (Å²) in [6.07, 6.45) is 4.05. The van der Waals surface area contributed by atoms with Gasteiger partial charge in [0.05, 0.1) is 18.0 Å². The maximum Gasteiger partial charge on any atom is 0.266 e. The molecule has 0 spiro atoms. The SMILES string of the molecule is COC1CCN(c2cn[nH]c(=O)c2)CC1. The highest BCUT2D eigenvalue weighted by Gasteiger charge is 2.18. The molecule has 5 nitrogen and oxygen atoms in total. The first-order chi connectivity index (χ1) is 7.29. The molecular weight excluding hydrogens is 194 g/mol. The number of piperidine rings is 1. The van der Waals surface area contributed by atoms with Crippen molar-refractivity contribution < 1.29 is 4.74 Å². The Labute approximate surface area is 88.1 Å². The molecule has 82 valence electrons. The van der Waals surface area contributed by atoms with Gasteiger partial charge in [0.25, 0.3) is 5.56 Å². The van der Waals surface area contributed by atoms with Crippen molar-refractivity contribution in [2.24, 2.45) is 0 Å². The topological polar surface area (TPSA) is 58.2 Å². The lowest BCUT2D eigenvalue weighted by molar-refractivity contribution is 0.0819. The van der Waals surface area contributed by atoms with Crippen LogP contribution in [0.25, 0.3) is 0 Å². The van der Waals surface area contributed by atoms with E-state index in [1.54, 1.807) is 19.4 Å². The molecule has 0 atom stereocenters. The minimum absolute atomic E-state index is 0.152. The van der Waals surface area contributed by atoms with Gasteiger partial charge in [0.1, 0.15) is 0 Å². The van der Waals surface area contributed by atoms with E-state index in [0.717, 1.165) is 31.6 Å². The van der Waals surface area contributed by atoms with Crippen LogP contribution in [0.4, 0.5) is 5.69 Å². The van der Waals surface area contributed by atoms with E-state index in [1.807, 2.05) is 0 Å². The van der Waals surface area contributed by atoms with E-state index in [-0.39, 0.29) is 5.56 Å². The Morgan fingerprint density at radius 1 is 1.53 bits per heavy atom. The lowest BCUT2D eigenvalue weighted by Gasteiger charge is -2.32. The van der Waals surface area contributed by atoms with Crippen molar-refractivity contribution in [3.05, 3.63) is 22.6 Å². The highest BCUT2D eigenvalue weighted by molar-refractivity contribution is 5.43. The fraction of sp³-hybridized carbons (Fsp3) is 0.600. The maximum absolute atomic E-state index is 11.1. The number of hydrogen-bond donors (Lipinski definition) is 1. The van der Waals surface area contributed by atoms with Gasteiger partial charge in [0, 0.05) is 26.3 Å². The Bertz CT molecular complexity index is 369. The summed E-state index contributed by atoms with van der Waals surface area (Å²) in [5.74, 6) is 0. The third kappa shape index (κ3) is 2.36. The average molecular weight is 209 g/mol. The summed E-state index contributed by atoms with van der Waals surface area (Å²) in [5.41, 5.74) is 0.745. The Hall–Kier alpha value is -1.36. The zero-order valence-corrected chi connectivity index (χ0v) is 8.77. The number of nitrogens with zero attached hydrogens (tertiary/aromatic N) is 2. The van der Waals surface area contributed by atoms with E-state index >= 15 is 0 Å². The van der Waals surface area contributed by atoms with Crippen molar-refractivity contribution >= 4 is 5.69 Å². The Kier molecular flexibility index (Phi) is 3.01. The van der Waals surface area contributed by atoms with Crippen LogP contribution in [0, 0.1) is 0 Å². The van der Waals surface area contributed by atoms with Gasteiger partial charge in [-0.2, -0.15) is 5.10 Å². The van der Waals surface area contributed by atoms with Gasteiger partial charge in [0.15, 0.2) is 0 Å². The lowest BCUT2D eigenvalue weighted by Crippen LogP contribution is -2.37. The van der Waals surface area contributed by atoms with E-state index in [4.69, 9.17) is 4.74 Å². The van der Waals surface area contributed by atoms with Gasteiger partial charge in [-0.25, -0.2) is 5.10 Å². The molecule has 0 unspecified atom stereocenters. The molecule has 1 aliphatic heterocycles. The molecule has 0 aliphatic carbocycles. The highest BCUT2D eigenvalue weighted by Crippen LogP contribution is 2.18. The summed E-state index contributed by atoms with van der Waals surface area (Å²) in [6.45, 7) is 1.84. The van der Waals surface area contributed by atoms with E-state index in [0.29, 0.717) is 6.10 Å². The van der Waals surface area contributed by atoms with Crippen LogP contribution in [0.5, 0.6) is 0 Å². The van der Waals surface area contributed by atoms with Gasteiger partial charge < -0.3 is 9.64 Å². The van der Waals surface area contributed by atoms with Crippen LogP contribution in [-0.4, -0.2) is 36.5 Å². The van der Waals surface area contributed by atoms with Crippen molar-refractivity contribution in [1.82, 2.24) is 10.2 Å². The van der Waals surface area contributed by atoms with Crippen LogP contribution in [-0.2, 0) is 4.74 Å². The molecule has 2 rings (SSSR count). The molecule has 0 bridgehead atoms. The fourth-order valence-corrected chi connectivity index (χ4v) is 1.89. The molecule has 0 aromatic carbocycles. The van der Waals surface area contributed by atoms with Crippen LogP contribution in [0.15, 0.2) is 17.1 Å². The number of hydrogen-bond acceptors (Lipinski definition) is 4. The molecule has 15 heavy (non-hydrogen) atoms. The van der Waals surface area contributed by atoms with Crippen LogP contribution in [0.2, 0.25) is 0 Å². The number of anilines is 1. The Balaban J connectivity index is 2.04. The number of methoxy groups -OCH3 is 1. The molecule has 5 heteroatoms. The fourth-order valence-electron chi connectivity index (χ4n) is 1.89. The third-order valence-corrected chi connectivity index (χ3v) is 2.79. The molecule has 1 aromatic rings. The molecule has 1 fully saturated rings. The second-order valence-corrected chi connectivity index (χ2v) is 3.73.